The van der Waals surface area contributed by atoms with E-state index < -0.39 is 5.97 Å². The molecule has 0 aliphatic heterocycles. The Labute approximate surface area is 221 Å². The van der Waals surface area contributed by atoms with E-state index in [0.717, 1.165) is 22.1 Å². The molecular formula is C31H30N2O5. The van der Waals surface area contributed by atoms with Gasteiger partial charge in [0.2, 0.25) is 5.91 Å². The first-order valence-corrected chi connectivity index (χ1v) is 12.5. The van der Waals surface area contributed by atoms with E-state index in [9.17, 15) is 14.4 Å². The minimum absolute atomic E-state index is 0.0484. The molecule has 0 aliphatic rings. The molecule has 0 saturated carbocycles. The second kappa shape index (κ2) is 13.1. The molecule has 0 saturated heterocycles. The van der Waals surface area contributed by atoms with Gasteiger partial charge < -0.3 is 20.1 Å². The topological polar surface area (TPSA) is 93.7 Å². The van der Waals surface area contributed by atoms with Gasteiger partial charge in [-0.3, -0.25) is 14.4 Å². The number of carbonyl (C=O) groups is 3. The standard InChI is InChI=1S/C31H30N2O5/c1-22(23-9-3-2-4-10-23)32-30(35)21-37-31(36)16-8-15-29(34)33-25-17-19-26(20-18-25)38-28-14-7-12-24-11-5-6-13-27(24)28/h2-7,9-14,17-20,22H,8,15-16,21H2,1H3,(H,32,35)(H,33,34)/t22-/m1/s1. The van der Waals surface area contributed by atoms with E-state index in [0.29, 0.717) is 17.9 Å². The molecule has 194 valence electrons. The summed E-state index contributed by atoms with van der Waals surface area (Å²) in [6.07, 6.45) is 0.516. The van der Waals surface area contributed by atoms with Gasteiger partial charge in [0.05, 0.1) is 6.04 Å². The Balaban J connectivity index is 1.15. The monoisotopic (exact) mass is 510 g/mol. The van der Waals surface area contributed by atoms with Crippen LogP contribution in [0.5, 0.6) is 11.5 Å². The van der Waals surface area contributed by atoms with Gasteiger partial charge in [-0.25, -0.2) is 0 Å². The number of esters is 1. The zero-order valence-electron chi connectivity index (χ0n) is 21.2. The van der Waals surface area contributed by atoms with E-state index in [1.165, 1.54) is 0 Å². The summed E-state index contributed by atoms with van der Waals surface area (Å²) >= 11 is 0. The molecule has 1 atom stereocenters. The van der Waals surface area contributed by atoms with Crippen molar-refractivity contribution in [1.82, 2.24) is 5.32 Å². The van der Waals surface area contributed by atoms with Crippen LogP contribution < -0.4 is 15.4 Å². The van der Waals surface area contributed by atoms with E-state index in [-0.39, 0.29) is 37.3 Å². The first-order chi connectivity index (χ1) is 18.5. The summed E-state index contributed by atoms with van der Waals surface area (Å²) in [5, 5.41) is 7.72. The third-order valence-corrected chi connectivity index (χ3v) is 5.94. The fourth-order valence-electron chi connectivity index (χ4n) is 3.96. The third-order valence-electron chi connectivity index (χ3n) is 5.94. The van der Waals surface area contributed by atoms with Gasteiger partial charge in [-0.1, -0.05) is 66.7 Å². The zero-order chi connectivity index (χ0) is 26.7. The number of nitrogens with one attached hydrogen (secondary N) is 2. The number of anilines is 1. The van der Waals surface area contributed by atoms with Crippen LogP contribution in [0.4, 0.5) is 5.69 Å². The van der Waals surface area contributed by atoms with Gasteiger partial charge in [0.1, 0.15) is 11.5 Å². The molecule has 4 rings (SSSR count). The Hall–Kier alpha value is -4.65. The molecule has 7 heteroatoms. The average molecular weight is 511 g/mol. The van der Waals surface area contributed by atoms with E-state index >= 15 is 0 Å². The maximum atomic E-state index is 12.3. The Morgan fingerprint density at radius 1 is 0.763 bits per heavy atom. The number of hydrogen-bond donors (Lipinski definition) is 2. The van der Waals surface area contributed by atoms with Crippen LogP contribution in [0.1, 0.15) is 37.8 Å². The lowest BCUT2D eigenvalue weighted by molar-refractivity contribution is -0.148. The van der Waals surface area contributed by atoms with Crippen molar-refractivity contribution in [2.24, 2.45) is 0 Å². The summed E-state index contributed by atoms with van der Waals surface area (Å²) < 4.78 is 11.1. The first kappa shape index (κ1) is 26.4. The lowest BCUT2D eigenvalue weighted by atomic mass is 10.1. The van der Waals surface area contributed by atoms with Crippen LogP contribution in [-0.4, -0.2) is 24.4 Å². The largest absolute Gasteiger partial charge is 0.457 e. The van der Waals surface area contributed by atoms with Crippen LogP contribution in [0, 0.1) is 0 Å². The summed E-state index contributed by atoms with van der Waals surface area (Å²) in [6, 6.07) is 30.3. The minimum Gasteiger partial charge on any atom is -0.457 e. The summed E-state index contributed by atoms with van der Waals surface area (Å²) in [5.74, 6) is 0.310. The second-order valence-corrected chi connectivity index (χ2v) is 8.87. The fourth-order valence-corrected chi connectivity index (χ4v) is 3.96. The van der Waals surface area contributed by atoms with E-state index in [4.69, 9.17) is 9.47 Å². The van der Waals surface area contributed by atoms with Crippen molar-refractivity contribution in [1.29, 1.82) is 0 Å². The fraction of sp³-hybridized carbons (Fsp3) is 0.194. The predicted molar refractivity (Wildman–Crippen MR) is 147 cm³/mol. The van der Waals surface area contributed by atoms with E-state index in [1.54, 1.807) is 24.3 Å². The van der Waals surface area contributed by atoms with Crippen molar-refractivity contribution < 1.29 is 23.9 Å². The highest BCUT2D eigenvalue weighted by molar-refractivity contribution is 5.91. The molecule has 7 nitrogen and oxygen atoms in total. The molecule has 0 bridgehead atoms. The second-order valence-electron chi connectivity index (χ2n) is 8.87. The maximum Gasteiger partial charge on any atom is 0.306 e. The molecule has 38 heavy (non-hydrogen) atoms. The number of amides is 2. The molecular weight excluding hydrogens is 480 g/mol. The average Bonchev–Trinajstić information content (AvgIpc) is 2.93. The summed E-state index contributed by atoms with van der Waals surface area (Å²) in [4.78, 5) is 36.3. The summed E-state index contributed by atoms with van der Waals surface area (Å²) in [7, 11) is 0. The molecule has 4 aromatic carbocycles. The SMILES string of the molecule is C[C@@H](NC(=O)COC(=O)CCCC(=O)Nc1ccc(Oc2cccc3ccccc23)cc1)c1ccccc1. The number of ether oxygens (including phenoxy) is 2. The zero-order valence-corrected chi connectivity index (χ0v) is 21.2. The predicted octanol–water partition coefficient (Wildman–Crippen LogP) is 6.16. The van der Waals surface area contributed by atoms with Crippen molar-refractivity contribution in [2.75, 3.05) is 11.9 Å². The quantitative estimate of drug-likeness (QED) is 0.236. The molecule has 0 heterocycles. The molecule has 0 spiro atoms. The van der Waals surface area contributed by atoms with Gasteiger partial charge in [-0.05, 0) is 54.6 Å². The molecule has 0 aromatic heterocycles. The van der Waals surface area contributed by atoms with Crippen LogP contribution in [0.2, 0.25) is 0 Å². The highest BCUT2D eigenvalue weighted by atomic mass is 16.5. The van der Waals surface area contributed by atoms with E-state index in [1.807, 2.05) is 79.7 Å². The minimum atomic E-state index is -0.518. The number of rotatable bonds is 11. The van der Waals surface area contributed by atoms with Crippen molar-refractivity contribution in [3.8, 4) is 11.5 Å². The van der Waals surface area contributed by atoms with Crippen molar-refractivity contribution in [3.05, 3.63) is 103 Å². The Morgan fingerprint density at radius 3 is 2.26 bits per heavy atom. The Morgan fingerprint density at radius 2 is 1.47 bits per heavy atom. The highest BCUT2D eigenvalue weighted by Crippen LogP contribution is 2.30. The van der Waals surface area contributed by atoms with Crippen molar-refractivity contribution >= 4 is 34.2 Å². The first-order valence-electron chi connectivity index (χ1n) is 12.5. The lowest BCUT2D eigenvalue weighted by Gasteiger charge is -2.14. The smallest absolute Gasteiger partial charge is 0.306 e. The molecule has 0 radical (unpaired) electrons. The number of carbonyl (C=O) groups excluding carboxylic acids is 3. The molecule has 4 aromatic rings. The van der Waals surface area contributed by atoms with Gasteiger partial charge >= 0.3 is 5.97 Å². The lowest BCUT2D eigenvalue weighted by Crippen LogP contribution is -2.31. The van der Waals surface area contributed by atoms with Crippen molar-refractivity contribution in [2.45, 2.75) is 32.2 Å². The Bertz CT molecular complexity index is 1380. The van der Waals surface area contributed by atoms with Gasteiger partial charge in [0, 0.05) is 23.9 Å². The highest BCUT2D eigenvalue weighted by Gasteiger charge is 2.12. The van der Waals surface area contributed by atoms with Crippen LogP contribution >= 0.6 is 0 Å². The molecule has 2 N–H and O–H groups in total. The van der Waals surface area contributed by atoms with Crippen LogP contribution in [-0.2, 0) is 19.1 Å². The molecule has 0 aliphatic carbocycles. The molecule has 0 fully saturated rings. The number of hydrogen-bond acceptors (Lipinski definition) is 5. The molecule has 0 unspecified atom stereocenters. The maximum absolute atomic E-state index is 12.3. The van der Waals surface area contributed by atoms with Crippen LogP contribution in [0.3, 0.4) is 0 Å². The van der Waals surface area contributed by atoms with Crippen molar-refractivity contribution in [3.63, 3.8) is 0 Å². The van der Waals surface area contributed by atoms with Gasteiger partial charge in [0.15, 0.2) is 6.61 Å². The van der Waals surface area contributed by atoms with Crippen LogP contribution in [0.25, 0.3) is 10.8 Å². The third kappa shape index (κ3) is 7.67. The normalized spacial score (nSPS) is 11.4. The number of fused-ring (bicyclic) bond motifs is 1. The summed E-state index contributed by atoms with van der Waals surface area (Å²) in [6.45, 7) is 1.51. The molecule has 2 amide bonds. The van der Waals surface area contributed by atoms with Gasteiger partial charge in [-0.15, -0.1) is 0 Å². The number of benzene rings is 4. The van der Waals surface area contributed by atoms with E-state index in [2.05, 4.69) is 10.6 Å². The van der Waals surface area contributed by atoms with Crippen LogP contribution in [0.15, 0.2) is 97.1 Å². The summed E-state index contributed by atoms with van der Waals surface area (Å²) in [5.41, 5.74) is 1.59. The van der Waals surface area contributed by atoms with Gasteiger partial charge in [0.25, 0.3) is 5.91 Å². The Kier molecular flexibility index (Phi) is 9.07. The van der Waals surface area contributed by atoms with Gasteiger partial charge in [-0.2, -0.15) is 0 Å².